The van der Waals surface area contributed by atoms with Crippen molar-refractivity contribution < 1.29 is 78.7 Å². The minimum atomic E-state index is -3.60. The molecule has 2 saturated carbocycles. The van der Waals surface area contributed by atoms with Crippen LogP contribution in [-0.2, 0) is 49.0 Å². The van der Waals surface area contributed by atoms with Crippen LogP contribution in [0.25, 0.3) is 5.76 Å². The highest BCUT2D eigenvalue weighted by molar-refractivity contribution is 7.59. The van der Waals surface area contributed by atoms with Gasteiger partial charge in [-0.25, -0.2) is 4.79 Å². The minimum Gasteiger partial charge on any atom is -0.508 e. The zero-order valence-corrected chi connectivity index (χ0v) is 42.8. The number of aliphatic carboxylic acids is 1. The molecule has 10 atom stereocenters. The second-order valence-corrected chi connectivity index (χ2v) is 22.9. The number of phenolic OH excluding ortho intramolecular Hbond substituents is 1. The van der Waals surface area contributed by atoms with Gasteiger partial charge in [0.15, 0.2) is 11.4 Å². The van der Waals surface area contributed by atoms with E-state index in [2.05, 4.69) is 0 Å². The molecule has 1 saturated heterocycles. The lowest BCUT2D eigenvalue weighted by molar-refractivity contribution is -0.170. The highest BCUT2D eigenvalue weighted by atomic mass is 31.2. The number of likely N-dealkylation sites (N-methyl/N-ethyl adjacent to an activating group) is 1. The minimum absolute atomic E-state index is 0. The summed E-state index contributed by atoms with van der Waals surface area (Å²) in [5.74, 6) is -10.5. The van der Waals surface area contributed by atoms with E-state index in [1.165, 1.54) is 41.9 Å². The van der Waals surface area contributed by atoms with Crippen molar-refractivity contribution in [2.75, 3.05) is 33.0 Å². The Bertz CT molecular complexity index is 2470. The molecule has 2 amide bonds. The van der Waals surface area contributed by atoms with E-state index in [1.807, 2.05) is 44.2 Å². The zero-order chi connectivity index (χ0) is 52.3. The number of hydrogen-bond donors (Lipinski definition) is 7. The fourth-order valence-electron chi connectivity index (χ4n) is 11.4. The Morgan fingerprint density at radius 1 is 0.958 bits per heavy atom. The van der Waals surface area contributed by atoms with E-state index in [0.29, 0.717) is 30.9 Å². The highest BCUT2D eigenvalue weighted by Gasteiger charge is 2.68. The first kappa shape index (κ1) is 57.5. The number of benzene rings is 2. The van der Waals surface area contributed by atoms with Crippen molar-refractivity contribution in [3.63, 3.8) is 0 Å². The van der Waals surface area contributed by atoms with Gasteiger partial charge in [-0.05, 0) is 74.7 Å². The summed E-state index contributed by atoms with van der Waals surface area (Å²) in [6.45, 7) is 7.35. The average Bonchev–Trinajstić information content (AvgIpc) is 3.79. The summed E-state index contributed by atoms with van der Waals surface area (Å²) in [4.78, 5) is 79.1. The number of nitrogens with two attached hydrogens (primary N) is 1. The number of carboxylic acids is 1. The third-order valence-corrected chi connectivity index (χ3v) is 17.4. The molecule has 4 aliphatic carbocycles. The largest absolute Gasteiger partial charge is 0.508 e. The molecule has 3 fully saturated rings. The summed E-state index contributed by atoms with van der Waals surface area (Å²) in [5.41, 5.74) is 2.65. The molecule has 2 aromatic rings. The van der Waals surface area contributed by atoms with Crippen molar-refractivity contribution in [2.24, 2.45) is 35.3 Å². The molecular weight excluding hydrogens is 954 g/mol. The quantitative estimate of drug-likeness (QED) is 0.0391. The van der Waals surface area contributed by atoms with Gasteiger partial charge in [0.1, 0.15) is 35.0 Å². The number of likely N-dealkylation sites (tertiary alicyclic amines) is 1. The number of primary amides is 1. The number of ketones is 2. The number of aliphatic hydroxyl groups excluding tert-OH is 3. The lowest BCUT2D eigenvalue weighted by atomic mass is 9.54. The van der Waals surface area contributed by atoms with E-state index in [-0.39, 0.29) is 47.4 Å². The average molecular weight is 1030 g/mol. The number of rotatable bonds is 16. The van der Waals surface area contributed by atoms with Crippen LogP contribution in [0.2, 0.25) is 0 Å². The van der Waals surface area contributed by atoms with Gasteiger partial charge in [0, 0.05) is 36.5 Å². The zero-order valence-electron chi connectivity index (χ0n) is 41.9. The van der Waals surface area contributed by atoms with Gasteiger partial charge in [-0.1, -0.05) is 102 Å². The number of aromatic hydroxyl groups is 1. The Labute approximate surface area is 419 Å². The molecule has 0 spiro atoms. The lowest BCUT2D eigenvalue weighted by Gasteiger charge is -2.53. The van der Waals surface area contributed by atoms with Crippen LogP contribution in [0.5, 0.6) is 5.75 Å². The molecule has 72 heavy (non-hydrogen) atoms. The SMILES string of the molecule is CCC(=O)OC(O[P@](=O)(CCCCc1ccccc1)CC(=O)N1C[C@H](C2CCCCC2)C[C@H]1C(=O)O)C(C)C.C[C@H]1c2cccc(O)c2C(O)=C2C(=O)[C@]3(O)C(O)=C(C(N)=O)C(=O)[C@@H](N(C)C)[C@@H]3[C@@H](O)[C@@H]21.O. The van der Waals surface area contributed by atoms with Crippen LogP contribution >= 0.6 is 7.37 Å². The number of amides is 2. The molecule has 20 heteroatoms. The number of esters is 1. The second kappa shape index (κ2) is 23.6. The molecule has 0 bridgehead atoms. The summed E-state index contributed by atoms with van der Waals surface area (Å²) in [5, 5.41) is 64.8. The Balaban J connectivity index is 0.000000268. The number of carbonyl (C=O) groups is 6. The molecule has 19 nitrogen and oxygen atoms in total. The van der Waals surface area contributed by atoms with Crippen LogP contribution in [-0.4, -0.2) is 144 Å². The Hall–Kier alpha value is -5.43. The van der Waals surface area contributed by atoms with Crippen molar-refractivity contribution in [3.8, 4) is 5.75 Å². The second-order valence-electron chi connectivity index (χ2n) is 20.3. The van der Waals surface area contributed by atoms with Crippen molar-refractivity contribution in [2.45, 2.75) is 128 Å². The molecule has 1 heterocycles. The number of Topliss-reactive ketones (excluding diaryl/α,β-unsaturated/α-hetero) is 2. The predicted octanol–water partition coefficient (Wildman–Crippen LogP) is 4.79. The summed E-state index contributed by atoms with van der Waals surface area (Å²) < 4.78 is 25.7. The molecule has 1 aliphatic heterocycles. The van der Waals surface area contributed by atoms with Gasteiger partial charge < -0.3 is 51.5 Å². The maximum Gasteiger partial charge on any atom is 0.326 e. The van der Waals surface area contributed by atoms with E-state index in [1.54, 1.807) is 26.0 Å². The van der Waals surface area contributed by atoms with Gasteiger partial charge in [-0.3, -0.25) is 38.0 Å². The van der Waals surface area contributed by atoms with E-state index in [9.17, 15) is 64.0 Å². The smallest absolute Gasteiger partial charge is 0.326 e. The Kier molecular flexibility index (Phi) is 18.9. The maximum atomic E-state index is 14.2. The maximum absolute atomic E-state index is 14.2. The van der Waals surface area contributed by atoms with Crippen molar-refractivity contribution in [3.05, 3.63) is 82.1 Å². The van der Waals surface area contributed by atoms with Crippen LogP contribution in [0.3, 0.4) is 0 Å². The van der Waals surface area contributed by atoms with Crippen LogP contribution in [0.1, 0.15) is 108 Å². The number of aryl methyl sites for hydroxylation is 1. The van der Waals surface area contributed by atoms with Crippen LogP contribution in [0.4, 0.5) is 0 Å². The molecule has 10 N–H and O–H groups in total. The van der Waals surface area contributed by atoms with Crippen molar-refractivity contribution >= 4 is 48.4 Å². The van der Waals surface area contributed by atoms with Crippen LogP contribution in [0.15, 0.2) is 65.4 Å². The standard InChI is InChI=1S/C30H46NO7P.C22H24N2O8.H2O/c1-4-28(33)37-30(22(2)3)38-39(36,18-12-11-15-23-13-7-5-8-14-23)21-27(32)31-20-25(19-26(31)29(34)35)24-16-9-6-10-17-24;1-7-8-5-4-6-9(25)11(8)16(26)12-10(7)17(27)14-15(24(2)3)18(28)13(21(23)31)20(30)22(14,32)19(12)29;/h5,7-8,13-14,22,24-26,30H,4,6,9-12,15-21H2,1-3H3,(H,34,35);4-7,10,14-15,17,25-27,30,32H,1-3H3,(H2,23,31);1H2/t25-,26+,30?,39-;7-,10+,14+,15-,17-,22-;/m10./s1. The highest BCUT2D eigenvalue weighted by Crippen LogP contribution is 2.56. The van der Waals surface area contributed by atoms with Crippen molar-refractivity contribution in [1.82, 2.24) is 9.80 Å². The summed E-state index contributed by atoms with van der Waals surface area (Å²) in [7, 11) is -0.676. The van der Waals surface area contributed by atoms with Crippen LogP contribution in [0, 0.1) is 29.6 Å². The van der Waals surface area contributed by atoms with E-state index >= 15 is 0 Å². The van der Waals surface area contributed by atoms with E-state index < -0.39 is 113 Å². The number of fused-ring (bicyclic) bond motifs is 3. The molecule has 0 radical (unpaired) electrons. The number of carbonyl (C=O) groups excluding carboxylic acids is 5. The third-order valence-electron chi connectivity index (χ3n) is 15.1. The van der Waals surface area contributed by atoms with Crippen LogP contribution < -0.4 is 5.73 Å². The Morgan fingerprint density at radius 3 is 2.19 bits per heavy atom. The Morgan fingerprint density at radius 2 is 1.61 bits per heavy atom. The molecule has 1 unspecified atom stereocenters. The predicted molar refractivity (Wildman–Crippen MR) is 265 cm³/mol. The fraction of sp³-hybridized carbons (Fsp3) is 0.577. The van der Waals surface area contributed by atoms with Gasteiger partial charge in [0.05, 0.1) is 23.6 Å². The van der Waals surface area contributed by atoms with Crippen molar-refractivity contribution in [1.29, 1.82) is 0 Å². The fourth-order valence-corrected chi connectivity index (χ4v) is 13.7. The van der Waals surface area contributed by atoms with Gasteiger partial charge in [-0.15, -0.1) is 0 Å². The lowest BCUT2D eigenvalue weighted by Crippen LogP contribution is -2.70. The number of phenols is 1. The number of aliphatic hydroxyl groups is 4. The first-order chi connectivity index (χ1) is 33.5. The molecule has 396 valence electrons. The molecule has 5 aliphatic rings. The monoisotopic (exact) mass is 1030 g/mol. The normalized spacial score (nSPS) is 27.4. The van der Waals surface area contributed by atoms with E-state index in [0.717, 1.165) is 38.5 Å². The number of ether oxygens (including phenoxy) is 1. The number of nitrogens with zero attached hydrogens (tertiary/aromatic N) is 2. The molecule has 7 rings (SSSR count). The third kappa shape index (κ3) is 11.5. The molecular formula is C52H72N3O16P. The first-order valence-electron chi connectivity index (χ1n) is 24.7. The van der Waals surface area contributed by atoms with E-state index in [4.69, 9.17) is 15.0 Å². The summed E-state index contributed by atoms with van der Waals surface area (Å²) >= 11 is 0. The van der Waals surface area contributed by atoms with Gasteiger partial charge in [-0.2, -0.15) is 0 Å². The molecule has 0 aromatic heterocycles. The van der Waals surface area contributed by atoms with Gasteiger partial charge >= 0.3 is 11.9 Å². The summed E-state index contributed by atoms with van der Waals surface area (Å²) in [6.07, 6.45) is 5.53. The first-order valence-corrected chi connectivity index (χ1v) is 26.6. The number of hydrogen-bond acceptors (Lipinski definition) is 15. The van der Waals surface area contributed by atoms with Gasteiger partial charge in [0.25, 0.3) is 5.91 Å². The van der Waals surface area contributed by atoms with Gasteiger partial charge in [0.2, 0.25) is 25.3 Å². The molecule has 2 aromatic carbocycles. The number of unbranched alkanes of at least 4 members (excludes halogenated alkanes) is 1. The number of carboxylic acid groups (broad SMARTS) is 1. The summed E-state index contributed by atoms with van der Waals surface area (Å²) in [6, 6.07) is 12.2. The topological polar surface area (TPSA) is 323 Å².